The van der Waals surface area contributed by atoms with Crippen LogP contribution < -0.4 is 10.2 Å². The maximum Gasteiger partial charge on any atom is 0.251 e. The van der Waals surface area contributed by atoms with Crippen LogP contribution in [0.1, 0.15) is 49.5 Å². The van der Waals surface area contributed by atoms with Crippen LogP contribution in [0.3, 0.4) is 0 Å². The summed E-state index contributed by atoms with van der Waals surface area (Å²) in [5.41, 5.74) is 2.69. The first-order valence-corrected chi connectivity index (χ1v) is 8.78. The third-order valence-corrected chi connectivity index (χ3v) is 5.27. The minimum absolute atomic E-state index is 0.0367. The number of nitrogens with one attached hydrogen (secondary N) is 1. The highest BCUT2D eigenvalue weighted by Crippen LogP contribution is 2.34. The Morgan fingerprint density at radius 1 is 1.21 bits per heavy atom. The average Bonchev–Trinajstić information content (AvgIpc) is 2.56. The molecule has 5 heteroatoms. The van der Waals surface area contributed by atoms with Gasteiger partial charge in [-0.2, -0.15) is 0 Å². The number of hydrogen-bond donors (Lipinski definition) is 1. The van der Waals surface area contributed by atoms with Crippen LogP contribution in [0.25, 0.3) is 0 Å². The molecule has 0 bridgehead atoms. The maximum atomic E-state index is 12.5. The highest BCUT2D eigenvalue weighted by molar-refractivity contribution is 5.97. The normalized spacial score (nSPS) is 24.4. The number of nitrogens with zero attached hydrogens (tertiary/aromatic N) is 1. The van der Waals surface area contributed by atoms with Gasteiger partial charge in [-0.25, -0.2) is 0 Å². The third kappa shape index (κ3) is 3.31. The molecule has 3 rings (SSSR count). The lowest BCUT2D eigenvalue weighted by molar-refractivity contribution is -0.117. The molecule has 2 aliphatic heterocycles. The van der Waals surface area contributed by atoms with E-state index in [4.69, 9.17) is 4.74 Å². The Morgan fingerprint density at radius 3 is 2.58 bits per heavy atom. The van der Waals surface area contributed by atoms with Crippen LogP contribution in [0, 0.1) is 5.92 Å². The molecule has 2 atom stereocenters. The molecular weight excluding hydrogens is 304 g/mol. The number of benzene rings is 1. The largest absolute Gasteiger partial charge is 0.381 e. The molecule has 0 radical (unpaired) electrons. The summed E-state index contributed by atoms with van der Waals surface area (Å²) < 4.78 is 5.33. The van der Waals surface area contributed by atoms with E-state index in [9.17, 15) is 9.59 Å². The van der Waals surface area contributed by atoms with Gasteiger partial charge < -0.3 is 15.0 Å². The number of ether oxygens (including phenoxy) is 1. The van der Waals surface area contributed by atoms with Gasteiger partial charge in [-0.15, -0.1) is 0 Å². The Hall–Kier alpha value is -1.88. The highest BCUT2D eigenvalue weighted by atomic mass is 16.5. The lowest BCUT2D eigenvalue weighted by Crippen LogP contribution is -2.45. The fraction of sp³-hybridized carbons (Fsp3) is 0.579. The second kappa shape index (κ2) is 6.93. The van der Waals surface area contributed by atoms with Gasteiger partial charge in [0.15, 0.2) is 0 Å². The van der Waals surface area contributed by atoms with Crippen LogP contribution in [0.5, 0.6) is 0 Å². The molecule has 2 amide bonds. The highest BCUT2D eigenvalue weighted by Gasteiger charge is 2.31. The summed E-state index contributed by atoms with van der Waals surface area (Å²) >= 11 is 0. The Balaban J connectivity index is 1.81. The fourth-order valence-corrected chi connectivity index (χ4v) is 3.68. The summed E-state index contributed by atoms with van der Waals surface area (Å²) in [5, 5.41) is 3.10. The molecule has 5 nitrogen and oxygen atoms in total. The Morgan fingerprint density at radius 2 is 1.92 bits per heavy atom. The molecular formula is C19H26N2O3. The van der Waals surface area contributed by atoms with E-state index in [0.29, 0.717) is 24.7 Å². The summed E-state index contributed by atoms with van der Waals surface area (Å²) in [6.07, 6.45) is 2.62. The minimum atomic E-state index is -0.0367. The van der Waals surface area contributed by atoms with Crippen LogP contribution in [0.15, 0.2) is 18.2 Å². The smallest absolute Gasteiger partial charge is 0.251 e. The van der Waals surface area contributed by atoms with Gasteiger partial charge in [-0.3, -0.25) is 9.59 Å². The van der Waals surface area contributed by atoms with E-state index in [2.05, 4.69) is 19.2 Å². The molecule has 1 aromatic rings. The van der Waals surface area contributed by atoms with E-state index in [-0.39, 0.29) is 23.9 Å². The van der Waals surface area contributed by atoms with E-state index < -0.39 is 0 Å². The minimum Gasteiger partial charge on any atom is -0.381 e. The van der Waals surface area contributed by atoms with Gasteiger partial charge in [-0.1, -0.05) is 6.92 Å². The summed E-state index contributed by atoms with van der Waals surface area (Å²) in [5.74, 6) is 0.385. The molecule has 1 saturated heterocycles. The number of anilines is 1. The van der Waals surface area contributed by atoms with Crippen LogP contribution in [0.4, 0.5) is 5.69 Å². The van der Waals surface area contributed by atoms with Gasteiger partial charge in [0, 0.05) is 43.5 Å². The predicted octanol–water partition coefficient (Wildman–Crippen LogP) is 2.53. The number of amides is 2. The molecule has 0 saturated carbocycles. The molecule has 1 N–H and O–H groups in total. The van der Waals surface area contributed by atoms with Gasteiger partial charge in [0.1, 0.15) is 0 Å². The molecule has 2 aliphatic rings. The van der Waals surface area contributed by atoms with Crippen LogP contribution in [-0.2, 0) is 16.0 Å². The summed E-state index contributed by atoms with van der Waals surface area (Å²) in [7, 11) is 0. The van der Waals surface area contributed by atoms with Crippen molar-refractivity contribution in [3.63, 3.8) is 0 Å². The first-order valence-electron chi connectivity index (χ1n) is 8.78. The number of hydrogen-bond acceptors (Lipinski definition) is 3. The molecule has 0 spiro atoms. The molecule has 2 heterocycles. The predicted molar refractivity (Wildman–Crippen MR) is 93.2 cm³/mol. The van der Waals surface area contributed by atoms with Gasteiger partial charge >= 0.3 is 0 Å². The molecule has 24 heavy (non-hydrogen) atoms. The van der Waals surface area contributed by atoms with Gasteiger partial charge in [0.05, 0.1) is 0 Å². The summed E-state index contributed by atoms with van der Waals surface area (Å²) in [6, 6.07) is 6.05. The number of fused-ring (bicyclic) bond motifs is 1. The lowest BCUT2D eigenvalue weighted by Gasteiger charge is -2.39. The molecule has 0 aromatic heterocycles. The topological polar surface area (TPSA) is 58.6 Å². The van der Waals surface area contributed by atoms with Crippen LogP contribution >= 0.6 is 0 Å². The first kappa shape index (κ1) is 17.0. The fourth-order valence-electron chi connectivity index (χ4n) is 3.68. The second-order valence-electron chi connectivity index (χ2n) is 7.01. The van der Waals surface area contributed by atoms with Crippen LogP contribution in [-0.4, -0.2) is 37.1 Å². The van der Waals surface area contributed by atoms with E-state index in [1.807, 2.05) is 23.1 Å². The Kier molecular flexibility index (Phi) is 4.90. The Bertz CT molecular complexity index is 637. The van der Waals surface area contributed by atoms with Gasteiger partial charge in [-0.05, 0) is 55.9 Å². The molecule has 130 valence electrons. The zero-order valence-electron chi connectivity index (χ0n) is 14.7. The standard InChI is InChI=1S/C19H26N2O3/c1-12-10-16-11-15(19(23)20-17-6-8-24-9-7-17)4-5-18(16)21(13(12)2)14(3)22/h4-5,11-13,17H,6-10H2,1-3H3,(H,20,23)/t12-,13+/m1/s1. The van der Waals surface area contributed by atoms with Crippen molar-refractivity contribution in [3.8, 4) is 0 Å². The maximum absolute atomic E-state index is 12.5. The van der Waals surface area contributed by atoms with Crippen LogP contribution in [0.2, 0.25) is 0 Å². The molecule has 1 aromatic carbocycles. The zero-order chi connectivity index (χ0) is 17.3. The van der Waals surface area contributed by atoms with Gasteiger partial charge in [0.25, 0.3) is 5.91 Å². The molecule has 0 unspecified atom stereocenters. The quantitative estimate of drug-likeness (QED) is 0.906. The number of carbonyl (C=O) groups excluding carboxylic acids is 2. The van der Waals surface area contributed by atoms with Crippen molar-refractivity contribution >= 4 is 17.5 Å². The summed E-state index contributed by atoms with van der Waals surface area (Å²) in [6.45, 7) is 7.25. The number of carbonyl (C=O) groups is 2. The van der Waals surface area contributed by atoms with E-state index >= 15 is 0 Å². The first-order chi connectivity index (χ1) is 11.5. The van der Waals surface area contributed by atoms with Crippen molar-refractivity contribution in [3.05, 3.63) is 29.3 Å². The SMILES string of the molecule is CC(=O)N1c2ccc(C(=O)NC3CCOCC3)cc2C[C@@H](C)[C@@H]1C. The molecule has 1 fully saturated rings. The van der Waals surface area contributed by atoms with Crippen molar-refractivity contribution in [2.75, 3.05) is 18.1 Å². The van der Waals surface area contributed by atoms with E-state index in [0.717, 1.165) is 30.5 Å². The Labute approximate surface area is 143 Å². The molecule has 0 aliphatic carbocycles. The average molecular weight is 330 g/mol. The zero-order valence-corrected chi connectivity index (χ0v) is 14.7. The van der Waals surface area contributed by atoms with Crippen molar-refractivity contribution < 1.29 is 14.3 Å². The van der Waals surface area contributed by atoms with E-state index in [1.165, 1.54) is 0 Å². The number of rotatable bonds is 2. The van der Waals surface area contributed by atoms with Crippen molar-refractivity contribution in [1.29, 1.82) is 0 Å². The van der Waals surface area contributed by atoms with Crippen molar-refractivity contribution in [2.45, 2.75) is 52.1 Å². The summed E-state index contributed by atoms with van der Waals surface area (Å²) in [4.78, 5) is 26.4. The third-order valence-electron chi connectivity index (χ3n) is 5.27. The monoisotopic (exact) mass is 330 g/mol. The van der Waals surface area contributed by atoms with Crippen molar-refractivity contribution in [1.82, 2.24) is 5.32 Å². The van der Waals surface area contributed by atoms with E-state index in [1.54, 1.807) is 6.92 Å². The van der Waals surface area contributed by atoms with Crippen molar-refractivity contribution in [2.24, 2.45) is 5.92 Å². The lowest BCUT2D eigenvalue weighted by atomic mass is 9.87. The second-order valence-corrected chi connectivity index (χ2v) is 7.01. The van der Waals surface area contributed by atoms with Gasteiger partial charge in [0.2, 0.25) is 5.91 Å².